The summed E-state index contributed by atoms with van der Waals surface area (Å²) in [5, 5.41) is 3.46. The summed E-state index contributed by atoms with van der Waals surface area (Å²) < 4.78 is 0. The van der Waals surface area contributed by atoms with Crippen LogP contribution in [0.3, 0.4) is 0 Å². The van der Waals surface area contributed by atoms with Gasteiger partial charge in [0.2, 0.25) is 5.91 Å². The first-order chi connectivity index (χ1) is 7.61. The van der Waals surface area contributed by atoms with E-state index in [0.717, 1.165) is 5.56 Å². The first kappa shape index (κ1) is 12.6. The van der Waals surface area contributed by atoms with Gasteiger partial charge in [0, 0.05) is 17.5 Å². The van der Waals surface area contributed by atoms with Crippen LogP contribution in [-0.4, -0.2) is 11.9 Å². The number of hydrogen-bond acceptors (Lipinski definition) is 1. The van der Waals surface area contributed by atoms with Gasteiger partial charge in [-0.2, -0.15) is 0 Å². The van der Waals surface area contributed by atoms with Crippen LogP contribution in [0.2, 0.25) is 5.02 Å². The third kappa shape index (κ3) is 4.37. The van der Waals surface area contributed by atoms with Gasteiger partial charge in [0.05, 0.1) is 6.42 Å². The lowest BCUT2D eigenvalue weighted by Gasteiger charge is -2.10. The average Bonchev–Trinajstić information content (AvgIpc) is 2.17. The maximum absolute atomic E-state index is 11.6. The van der Waals surface area contributed by atoms with E-state index >= 15 is 0 Å². The quantitative estimate of drug-likeness (QED) is 0.798. The van der Waals surface area contributed by atoms with Crippen molar-refractivity contribution in [2.45, 2.75) is 25.8 Å². The van der Waals surface area contributed by atoms with Crippen molar-refractivity contribution in [3.05, 3.63) is 34.9 Å². The number of benzene rings is 1. The van der Waals surface area contributed by atoms with E-state index in [0.29, 0.717) is 17.9 Å². The van der Waals surface area contributed by atoms with Crippen molar-refractivity contribution in [3.63, 3.8) is 0 Å². The predicted octanol–water partition coefficient (Wildman–Crippen LogP) is 2.41. The molecular weight excluding hydrogens is 222 g/mol. The van der Waals surface area contributed by atoms with Crippen LogP contribution in [0.5, 0.6) is 0 Å². The molecule has 1 atom stereocenters. The van der Waals surface area contributed by atoms with Crippen molar-refractivity contribution in [1.29, 1.82) is 0 Å². The van der Waals surface area contributed by atoms with E-state index in [9.17, 15) is 4.79 Å². The average molecular weight is 236 g/mol. The maximum atomic E-state index is 11.6. The Morgan fingerprint density at radius 1 is 1.62 bits per heavy atom. The van der Waals surface area contributed by atoms with Crippen LogP contribution in [0.25, 0.3) is 0 Å². The molecule has 16 heavy (non-hydrogen) atoms. The molecule has 2 nitrogen and oxygen atoms in total. The van der Waals surface area contributed by atoms with Crippen LogP contribution in [-0.2, 0) is 11.2 Å². The number of carbonyl (C=O) groups is 1. The molecule has 0 radical (unpaired) electrons. The summed E-state index contributed by atoms with van der Waals surface area (Å²) in [6, 6.07) is 7.28. The van der Waals surface area contributed by atoms with Crippen molar-refractivity contribution in [2.24, 2.45) is 0 Å². The van der Waals surface area contributed by atoms with Gasteiger partial charge in [-0.05, 0) is 24.6 Å². The number of rotatable bonds is 4. The molecule has 0 aliphatic rings. The molecule has 1 rings (SSSR count). The lowest BCUT2D eigenvalue weighted by atomic mass is 10.1. The SMILES string of the molecule is C#CCC(C)NC(=O)Cc1cccc(Cl)c1. The minimum absolute atomic E-state index is 0.0108. The third-order valence-corrected chi connectivity index (χ3v) is 2.32. The zero-order valence-electron chi connectivity index (χ0n) is 9.16. The number of halogens is 1. The van der Waals surface area contributed by atoms with Crippen LogP contribution in [0, 0.1) is 12.3 Å². The molecular formula is C13H14ClNO. The molecule has 0 heterocycles. The zero-order valence-corrected chi connectivity index (χ0v) is 9.92. The molecule has 3 heteroatoms. The molecule has 0 fully saturated rings. The van der Waals surface area contributed by atoms with Gasteiger partial charge in [-0.3, -0.25) is 4.79 Å². The molecule has 0 aliphatic carbocycles. The molecule has 0 aliphatic heterocycles. The highest BCUT2D eigenvalue weighted by molar-refractivity contribution is 6.30. The normalized spacial score (nSPS) is 11.6. The second kappa shape index (κ2) is 6.19. The molecule has 0 aromatic heterocycles. The summed E-state index contributed by atoms with van der Waals surface area (Å²) >= 11 is 5.83. The monoisotopic (exact) mass is 235 g/mol. The number of carbonyl (C=O) groups excluding carboxylic acids is 1. The summed E-state index contributed by atoms with van der Waals surface area (Å²) in [4.78, 5) is 11.6. The number of amides is 1. The molecule has 1 aromatic rings. The zero-order chi connectivity index (χ0) is 12.0. The highest BCUT2D eigenvalue weighted by Crippen LogP contribution is 2.11. The summed E-state index contributed by atoms with van der Waals surface area (Å²) in [6.45, 7) is 1.88. The van der Waals surface area contributed by atoms with Crippen molar-refractivity contribution in [3.8, 4) is 12.3 Å². The Bertz CT molecular complexity index is 409. The van der Waals surface area contributed by atoms with E-state index in [1.807, 2.05) is 19.1 Å². The molecule has 84 valence electrons. The Morgan fingerprint density at radius 3 is 3.00 bits per heavy atom. The second-order valence-electron chi connectivity index (χ2n) is 3.68. The first-order valence-electron chi connectivity index (χ1n) is 5.09. The minimum atomic E-state index is -0.0370. The van der Waals surface area contributed by atoms with Crippen molar-refractivity contribution >= 4 is 17.5 Å². The van der Waals surface area contributed by atoms with Gasteiger partial charge in [0.1, 0.15) is 0 Å². The summed E-state index contributed by atoms with van der Waals surface area (Å²) in [5.74, 6) is 2.47. The number of hydrogen-bond donors (Lipinski definition) is 1. The van der Waals surface area contributed by atoms with Crippen LogP contribution >= 0.6 is 11.6 Å². The highest BCUT2D eigenvalue weighted by Gasteiger charge is 2.07. The van der Waals surface area contributed by atoms with Crippen molar-refractivity contribution < 1.29 is 4.79 Å². The van der Waals surface area contributed by atoms with Crippen LogP contribution in [0.4, 0.5) is 0 Å². The predicted molar refractivity (Wildman–Crippen MR) is 66.2 cm³/mol. The van der Waals surface area contributed by atoms with Gasteiger partial charge in [-0.25, -0.2) is 0 Å². The van der Waals surface area contributed by atoms with E-state index in [-0.39, 0.29) is 11.9 Å². The van der Waals surface area contributed by atoms with Crippen molar-refractivity contribution in [1.82, 2.24) is 5.32 Å². The topological polar surface area (TPSA) is 29.1 Å². The largest absolute Gasteiger partial charge is 0.352 e. The van der Waals surface area contributed by atoms with Gasteiger partial charge < -0.3 is 5.32 Å². The fourth-order valence-electron chi connectivity index (χ4n) is 1.39. The van der Waals surface area contributed by atoms with E-state index in [4.69, 9.17) is 18.0 Å². The van der Waals surface area contributed by atoms with Crippen LogP contribution in [0.15, 0.2) is 24.3 Å². The lowest BCUT2D eigenvalue weighted by molar-refractivity contribution is -0.121. The molecule has 1 N–H and O–H groups in total. The maximum Gasteiger partial charge on any atom is 0.224 e. The van der Waals surface area contributed by atoms with E-state index < -0.39 is 0 Å². The fourth-order valence-corrected chi connectivity index (χ4v) is 1.60. The molecule has 0 saturated carbocycles. The smallest absolute Gasteiger partial charge is 0.224 e. The standard InChI is InChI=1S/C13H14ClNO/c1-3-5-10(2)15-13(16)9-11-6-4-7-12(14)8-11/h1,4,6-8,10H,5,9H2,2H3,(H,15,16). The Labute approximate surface area is 101 Å². The van der Waals surface area contributed by atoms with Crippen molar-refractivity contribution in [2.75, 3.05) is 0 Å². The Kier molecular flexibility index (Phi) is 4.88. The molecule has 1 aromatic carbocycles. The first-order valence-corrected chi connectivity index (χ1v) is 5.47. The number of nitrogens with one attached hydrogen (secondary N) is 1. The molecule has 0 saturated heterocycles. The summed E-state index contributed by atoms with van der Waals surface area (Å²) in [5.41, 5.74) is 0.901. The van der Waals surface area contributed by atoms with Crippen LogP contribution < -0.4 is 5.32 Å². The van der Waals surface area contributed by atoms with E-state index in [1.165, 1.54) is 0 Å². The number of terminal acetylenes is 1. The Morgan fingerprint density at radius 2 is 2.38 bits per heavy atom. The minimum Gasteiger partial charge on any atom is -0.352 e. The lowest BCUT2D eigenvalue weighted by Crippen LogP contribution is -2.33. The molecule has 0 bridgehead atoms. The summed E-state index contributed by atoms with van der Waals surface area (Å²) in [6.07, 6.45) is 6.03. The molecule has 1 unspecified atom stereocenters. The van der Waals surface area contributed by atoms with Crippen LogP contribution in [0.1, 0.15) is 18.9 Å². The van der Waals surface area contributed by atoms with E-state index in [1.54, 1.807) is 12.1 Å². The van der Waals surface area contributed by atoms with Gasteiger partial charge in [-0.15, -0.1) is 12.3 Å². The Hall–Kier alpha value is -1.46. The van der Waals surface area contributed by atoms with Gasteiger partial charge >= 0.3 is 0 Å². The Balaban J connectivity index is 2.49. The van der Waals surface area contributed by atoms with Gasteiger partial charge in [0.15, 0.2) is 0 Å². The van der Waals surface area contributed by atoms with Gasteiger partial charge in [-0.1, -0.05) is 23.7 Å². The third-order valence-electron chi connectivity index (χ3n) is 2.09. The van der Waals surface area contributed by atoms with Gasteiger partial charge in [0.25, 0.3) is 0 Å². The molecule has 1 amide bonds. The second-order valence-corrected chi connectivity index (χ2v) is 4.12. The highest BCUT2D eigenvalue weighted by atomic mass is 35.5. The summed E-state index contributed by atoms with van der Waals surface area (Å²) in [7, 11) is 0. The fraction of sp³-hybridized carbons (Fsp3) is 0.308. The van der Waals surface area contributed by atoms with E-state index in [2.05, 4.69) is 11.2 Å². The molecule has 0 spiro atoms.